The average molecular weight is 629 g/mol. The van der Waals surface area contributed by atoms with Crippen LogP contribution in [0.15, 0.2) is 182 Å². The highest BCUT2D eigenvalue weighted by molar-refractivity contribution is 6.21. The van der Waals surface area contributed by atoms with Gasteiger partial charge in [-0.1, -0.05) is 129 Å². The molecule has 8 aromatic rings. The quantitative estimate of drug-likeness (QED) is 0.169. The normalized spacial score (nSPS) is 12.9. The second-order valence-corrected chi connectivity index (χ2v) is 13.4. The van der Waals surface area contributed by atoms with Gasteiger partial charge in [0.1, 0.15) is 0 Å². The van der Waals surface area contributed by atoms with E-state index in [0.717, 1.165) is 28.4 Å². The summed E-state index contributed by atoms with van der Waals surface area (Å²) in [4.78, 5) is 4.77. The Morgan fingerprint density at radius 1 is 0.388 bits per heavy atom. The van der Waals surface area contributed by atoms with Gasteiger partial charge < -0.3 is 9.80 Å². The van der Waals surface area contributed by atoms with Crippen LogP contribution in [0.5, 0.6) is 0 Å². The van der Waals surface area contributed by atoms with E-state index in [1.54, 1.807) is 0 Å². The number of fused-ring (bicyclic) bond motifs is 7. The van der Waals surface area contributed by atoms with E-state index in [2.05, 4.69) is 206 Å². The molecule has 1 aliphatic rings. The van der Waals surface area contributed by atoms with Gasteiger partial charge in [0.15, 0.2) is 0 Å². The Morgan fingerprint density at radius 3 is 1.47 bits per heavy atom. The number of benzene rings is 8. The van der Waals surface area contributed by atoms with Crippen LogP contribution in [0.3, 0.4) is 0 Å². The lowest BCUT2D eigenvalue weighted by atomic mass is 9.81. The van der Waals surface area contributed by atoms with E-state index in [1.165, 1.54) is 49.5 Å². The molecular formula is C47H36N2. The van der Waals surface area contributed by atoms with Gasteiger partial charge in [0.2, 0.25) is 0 Å². The van der Waals surface area contributed by atoms with E-state index in [1.807, 2.05) is 0 Å². The van der Waals surface area contributed by atoms with Crippen LogP contribution in [0.25, 0.3) is 32.7 Å². The van der Waals surface area contributed by atoms with Crippen LogP contribution in [-0.4, -0.2) is 0 Å². The number of hydrogen-bond donors (Lipinski definition) is 0. The minimum atomic E-state index is -0.191. The summed E-state index contributed by atoms with van der Waals surface area (Å²) in [6, 6.07) is 65.9. The fourth-order valence-electron chi connectivity index (χ4n) is 7.89. The Hall–Kier alpha value is -6.12. The molecule has 0 aromatic heterocycles. The summed E-state index contributed by atoms with van der Waals surface area (Å²) < 4.78 is 0. The molecule has 2 heteroatoms. The first-order valence-corrected chi connectivity index (χ1v) is 17.0. The molecular weight excluding hydrogens is 593 g/mol. The smallest absolute Gasteiger partial charge is 0.0546 e. The first kappa shape index (κ1) is 29.1. The molecule has 0 atom stereocenters. The van der Waals surface area contributed by atoms with Crippen molar-refractivity contribution in [2.24, 2.45) is 0 Å². The van der Waals surface area contributed by atoms with Gasteiger partial charge in [0, 0.05) is 39.2 Å². The third kappa shape index (κ3) is 4.71. The largest absolute Gasteiger partial charge is 0.310 e. The van der Waals surface area contributed by atoms with E-state index in [4.69, 9.17) is 0 Å². The summed E-state index contributed by atoms with van der Waals surface area (Å²) in [5.41, 5.74) is 12.1. The summed E-state index contributed by atoms with van der Waals surface area (Å²) in [5, 5.41) is 5.07. The molecule has 49 heavy (non-hydrogen) atoms. The minimum absolute atomic E-state index is 0.191. The monoisotopic (exact) mass is 628 g/mol. The number of anilines is 6. The van der Waals surface area contributed by atoms with Crippen LogP contribution in [0, 0.1) is 0 Å². The molecule has 8 aromatic carbocycles. The van der Waals surface area contributed by atoms with Gasteiger partial charge in [-0.15, -0.1) is 0 Å². The van der Waals surface area contributed by atoms with Crippen LogP contribution >= 0.6 is 0 Å². The molecule has 0 heterocycles. The van der Waals surface area contributed by atoms with Crippen molar-refractivity contribution in [2.75, 3.05) is 9.80 Å². The molecule has 0 aliphatic heterocycles. The summed E-state index contributed by atoms with van der Waals surface area (Å²) >= 11 is 0. The molecule has 0 bridgehead atoms. The van der Waals surface area contributed by atoms with Crippen LogP contribution in [0.2, 0.25) is 0 Å². The molecule has 0 spiro atoms. The average Bonchev–Trinajstić information content (AvgIpc) is 3.39. The van der Waals surface area contributed by atoms with E-state index >= 15 is 0 Å². The fourth-order valence-corrected chi connectivity index (χ4v) is 7.89. The summed E-state index contributed by atoms with van der Waals surface area (Å²) in [5.74, 6) is 0. The highest BCUT2D eigenvalue weighted by Gasteiger charge is 2.38. The standard InChI is InChI=1S/C47H36N2/c1-47(2)42-30-29-41-44(49(36-22-11-5-12-23-36)37-24-13-6-14-25-37)31-33-17-15-16-26-39(33)45(41)46(42)40-28-27-38(32-43(40)47)48(34-18-7-3-8-19-34)35-20-9-4-10-21-35/h3-32H,1-2H3. The van der Waals surface area contributed by atoms with Gasteiger partial charge in [-0.2, -0.15) is 0 Å². The maximum atomic E-state index is 2.42. The zero-order valence-corrected chi connectivity index (χ0v) is 27.7. The Bertz CT molecular complexity index is 2370. The molecule has 1 aliphatic carbocycles. The molecule has 0 amide bonds. The first-order chi connectivity index (χ1) is 24.1. The molecule has 0 radical (unpaired) electrons. The fraction of sp³-hybridized carbons (Fsp3) is 0.0638. The maximum Gasteiger partial charge on any atom is 0.0546 e. The summed E-state index contributed by atoms with van der Waals surface area (Å²) in [6.45, 7) is 4.77. The molecule has 0 saturated carbocycles. The number of para-hydroxylation sites is 4. The lowest BCUT2D eigenvalue weighted by Gasteiger charge is -2.28. The van der Waals surface area contributed by atoms with Crippen LogP contribution in [0.4, 0.5) is 34.1 Å². The number of hydrogen-bond acceptors (Lipinski definition) is 2. The lowest BCUT2D eigenvalue weighted by Crippen LogP contribution is -2.16. The molecule has 0 fully saturated rings. The highest BCUT2D eigenvalue weighted by Crippen LogP contribution is 2.55. The topological polar surface area (TPSA) is 6.48 Å². The predicted molar refractivity (Wildman–Crippen MR) is 208 cm³/mol. The molecule has 0 unspecified atom stereocenters. The summed E-state index contributed by atoms with van der Waals surface area (Å²) in [7, 11) is 0. The van der Waals surface area contributed by atoms with Crippen molar-refractivity contribution >= 4 is 55.7 Å². The van der Waals surface area contributed by atoms with Crippen LogP contribution < -0.4 is 9.80 Å². The van der Waals surface area contributed by atoms with Crippen LogP contribution in [-0.2, 0) is 5.41 Å². The minimum Gasteiger partial charge on any atom is -0.310 e. The van der Waals surface area contributed by atoms with Crippen molar-refractivity contribution < 1.29 is 0 Å². The van der Waals surface area contributed by atoms with Gasteiger partial charge in [-0.25, -0.2) is 0 Å². The predicted octanol–water partition coefficient (Wildman–Crippen LogP) is 13.2. The van der Waals surface area contributed by atoms with Crippen molar-refractivity contribution in [3.8, 4) is 11.1 Å². The van der Waals surface area contributed by atoms with Gasteiger partial charge in [0.05, 0.1) is 5.69 Å². The maximum absolute atomic E-state index is 2.42. The number of nitrogens with zero attached hydrogens (tertiary/aromatic N) is 2. The Morgan fingerprint density at radius 2 is 0.898 bits per heavy atom. The van der Waals surface area contributed by atoms with Crippen molar-refractivity contribution in [2.45, 2.75) is 19.3 Å². The highest BCUT2D eigenvalue weighted by atomic mass is 15.1. The third-order valence-electron chi connectivity index (χ3n) is 10.2. The SMILES string of the molecule is CC1(C)c2cc(N(c3ccccc3)c3ccccc3)ccc2-c2c1ccc1c(N(c3ccccc3)c3ccccc3)cc3ccccc3c21. The molecule has 234 valence electrons. The van der Waals surface area contributed by atoms with Crippen molar-refractivity contribution in [1.29, 1.82) is 0 Å². The van der Waals surface area contributed by atoms with Crippen LogP contribution in [0.1, 0.15) is 25.0 Å². The van der Waals surface area contributed by atoms with E-state index in [9.17, 15) is 0 Å². The van der Waals surface area contributed by atoms with Crippen molar-refractivity contribution in [3.05, 3.63) is 193 Å². The van der Waals surface area contributed by atoms with Gasteiger partial charge in [0.25, 0.3) is 0 Å². The van der Waals surface area contributed by atoms with E-state index < -0.39 is 0 Å². The molecule has 9 rings (SSSR count). The van der Waals surface area contributed by atoms with E-state index in [0.29, 0.717) is 0 Å². The van der Waals surface area contributed by atoms with Gasteiger partial charge in [-0.05, 0) is 105 Å². The summed E-state index contributed by atoms with van der Waals surface area (Å²) in [6.07, 6.45) is 0. The Kier molecular flexibility index (Phi) is 6.84. The Labute approximate surface area is 288 Å². The lowest BCUT2D eigenvalue weighted by molar-refractivity contribution is 0.661. The molecule has 0 saturated heterocycles. The first-order valence-electron chi connectivity index (χ1n) is 17.0. The van der Waals surface area contributed by atoms with E-state index in [-0.39, 0.29) is 5.41 Å². The zero-order chi connectivity index (χ0) is 33.0. The zero-order valence-electron chi connectivity index (χ0n) is 27.7. The second kappa shape index (κ2) is 11.5. The van der Waals surface area contributed by atoms with Crippen molar-refractivity contribution in [3.63, 3.8) is 0 Å². The number of rotatable bonds is 6. The van der Waals surface area contributed by atoms with Crippen molar-refractivity contribution in [1.82, 2.24) is 0 Å². The second-order valence-electron chi connectivity index (χ2n) is 13.4. The third-order valence-corrected chi connectivity index (χ3v) is 10.2. The van der Waals surface area contributed by atoms with Gasteiger partial charge >= 0.3 is 0 Å². The molecule has 2 nitrogen and oxygen atoms in total. The Balaban J connectivity index is 1.31. The van der Waals surface area contributed by atoms with Gasteiger partial charge in [-0.3, -0.25) is 0 Å². The molecule has 0 N–H and O–H groups in total.